The van der Waals surface area contributed by atoms with Gasteiger partial charge in [0, 0.05) is 23.0 Å². The van der Waals surface area contributed by atoms with E-state index < -0.39 is 0 Å². The zero-order chi connectivity index (χ0) is 12.8. The molecule has 2 N–H and O–H groups in total. The molecule has 3 rings (SSSR count). The Hall–Kier alpha value is -0.730. The first-order valence-electron chi connectivity index (χ1n) is 6.82. The average Bonchev–Trinajstić information content (AvgIpc) is 2.30. The molecule has 1 heterocycles. The topological polar surface area (TPSA) is 35.2 Å². The Balaban J connectivity index is 1.93. The number of hydrogen-bond donors (Lipinski definition) is 1. The van der Waals surface area contributed by atoms with Crippen molar-refractivity contribution < 1.29 is 4.74 Å². The third kappa shape index (κ3) is 2.12. The molecule has 1 saturated carbocycles. The van der Waals surface area contributed by atoms with Crippen LogP contribution in [0.1, 0.15) is 50.6 Å². The first-order chi connectivity index (χ1) is 8.58. The Bertz CT molecular complexity index is 462. The lowest BCUT2D eigenvalue weighted by Crippen LogP contribution is -2.46. The quantitative estimate of drug-likeness (QED) is 0.767. The van der Waals surface area contributed by atoms with Crippen molar-refractivity contribution >= 4 is 11.6 Å². The Kier molecular flexibility index (Phi) is 3.03. The van der Waals surface area contributed by atoms with Gasteiger partial charge in [0.25, 0.3) is 0 Å². The number of halogens is 1. The van der Waals surface area contributed by atoms with Crippen LogP contribution in [0.25, 0.3) is 0 Å². The van der Waals surface area contributed by atoms with Gasteiger partial charge in [-0.25, -0.2) is 0 Å². The molecule has 1 aromatic rings. The molecule has 1 aliphatic heterocycles. The van der Waals surface area contributed by atoms with Gasteiger partial charge >= 0.3 is 0 Å². The van der Waals surface area contributed by atoms with Gasteiger partial charge in [0.15, 0.2) is 0 Å². The number of nitrogens with two attached hydrogens (primary N) is 1. The van der Waals surface area contributed by atoms with Gasteiger partial charge in [-0.1, -0.05) is 24.9 Å². The second kappa shape index (κ2) is 4.43. The maximum absolute atomic E-state index is 6.33. The molecule has 18 heavy (non-hydrogen) atoms. The SMILES string of the molecule is CC1CCCC2(C1)C[C@@H](N)c1cc(Cl)ccc1O2. The van der Waals surface area contributed by atoms with E-state index in [9.17, 15) is 0 Å². The summed E-state index contributed by atoms with van der Waals surface area (Å²) in [7, 11) is 0. The zero-order valence-corrected chi connectivity index (χ0v) is 11.5. The average molecular weight is 266 g/mol. The van der Waals surface area contributed by atoms with Crippen molar-refractivity contribution in [2.24, 2.45) is 11.7 Å². The van der Waals surface area contributed by atoms with E-state index >= 15 is 0 Å². The van der Waals surface area contributed by atoms with Gasteiger partial charge < -0.3 is 10.5 Å². The maximum atomic E-state index is 6.33. The largest absolute Gasteiger partial charge is 0.487 e. The Morgan fingerprint density at radius 2 is 2.22 bits per heavy atom. The molecule has 1 aromatic carbocycles. The van der Waals surface area contributed by atoms with E-state index in [2.05, 4.69) is 6.92 Å². The highest BCUT2D eigenvalue weighted by Gasteiger charge is 2.42. The van der Waals surface area contributed by atoms with Crippen molar-refractivity contribution in [1.29, 1.82) is 0 Å². The third-order valence-corrected chi connectivity index (χ3v) is 4.57. The number of hydrogen-bond acceptors (Lipinski definition) is 2. The van der Waals surface area contributed by atoms with Gasteiger partial charge in [-0.2, -0.15) is 0 Å². The Morgan fingerprint density at radius 1 is 1.39 bits per heavy atom. The van der Waals surface area contributed by atoms with E-state index in [0.29, 0.717) is 0 Å². The summed E-state index contributed by atoms with van der Waals surface area (Å²) >= 11 is 6.03. The van der Waals surface area contributed by atoms with Crippen LogP contribution in [0.3, 0.4) is 0 Å². The minimum Gasteiger partial charge on any atom is -0.487 e. The lowest BCUT2D eigenvalue weighted by Gasteiger charge is -2.45. The summed E-state index contributed by atoms with van der Waals surface area (Å²) in [4.78, 5) is 0. The van der Waals surface area contributed by atoms with Crippen LogP contribution in [0.15, 0.2) is 18.2 Å². The summed E-state index contributed by atoms with van der Waals surface area (Å²) in [5.41, 5.74) is 7.36. The van der Waals surface area contributed by atoms with E-state index in [0.717, 1.165) is 41.5 Å². The highest BCUT2D eigenvalue weighted by atomic mass is 35.5. The van der Waals surface area contributed by atoms with Crippen molar-refractivity contribution in [3.8, 4) is 5.75 Å². The molecule has 1 spiro atoms. The predicted molar refractivity (Wildman–Crippen MR) is 74.0 cm³/mol. The normalized spacial score (nSPS) is 35.1. The standard InChI is InChI=1S/C15H20ClNO/c1-10-3-2-6-15(8-10)9-13(17)12-7-11(16)4-5-14(12)18-15/h4-5,7,10,13H,2-3,6,8-9,17H2,1H3/t10?,13-,15?/m1/s1. The number of rotatable bonds is 0. The molecule has 2 nitrogen and oxygen atoms in total. The van der Waals surface area contributed by atoms with Crippen molar-refractivity contribution in [3.63, 3.8) is 0 Å². The van der Waals surface area contributed by atoms with Crippen LogP contribution in [0, 0.1) is 5.92 Å². The van der Waals surface area contributed by atoms with Crippen LogP contribution in [-0.4, -0.2) is 5.60 Å². The Morgan fingerprint density at radius 3 is 3.00 bits per heavy atom. The molecule has 0 radical (unpaired) electrons. The fourth-order valence-corrected chi connectivity index (χ4v) is 3.76. The summed E-state index contributed by atoms with van der Waals surface area (Å²) in [5, 5.41) is 0.737. The van der Waals surface area contributed by atoms with E-state index in [1.807, 2.05) is 18.2 Å². The summed E-state index contributed by atoms with van der Waals surface area (Å²) in [6, 6.07) is 5.86. The molecular formula is C15H20ClNO. The lowest BCUT2D eigenvalue weighted by molar-refractivity contribution is -0.0139. The van der Waals surface area contributed by atoms with Crippen LogP contribution in [0.4, 0.5) is 0 Å². The van der Waals surface area contributed by atoms with Gasteiger partial charge in [-0.15, -0.1) is 0 Å². The molecule has 98 valence electrons. The van der Waals surface area contributed by atoms with Crippen molar-refractivity contribution in [1.82, 2.24) is 0 Å². The first kappa shape index (κ1) is 12.3. The van der Waals surface area contributed by atoms with Crippen LogP contribution >= 0.6 is 11.6 Å². The smallest absolute Gasteiger partial charge is 0.125 e. The molecule has 2 aliphatic rings. The maximum Gasteiger partial charge on any atom is 0.125 e. The first-order valence-corrected chi connectivity index (χ1v) is 7.20. The summed E-state index contributed by atoms with van der Waals surface area (Å²) in [5.74, 6) is 1.67. The van der Waals surface area contributed by atoms with Gasteiger partial charge in [0.1, 0.15) is 11.4 Å². The zero-order valence-electron chi connectivity index (χ0n) is 10.8. The molecule has 0 aromatic heterocycles. The van der Waals surface area contributed by atoms with Gasteiger partial charge in [0.2, 0.25) is 0 Å². The van der Waals surface area contributed by atoms with E-state index in [4.69, 9.17) is 22.1 Å². The number of fused-ring (bicyclic) bond motifs is 1. The Labute approximate surface area is 113 Å². The third-order valence-electron chi connectivity index (χ3n) is 4.34. The molecule has 0 bridgehead atoms. The fourth-order valence-electron chi connectivity index (χ4n) is 3.58. The minimum absolute atomic E-state index is 0.0298. The molecular weight excluding hydrogens is 246 g/mol. The minimum atomic E-state index is -0.0298. The monoisotopic (exact) mass is 265 g/mol. The molecule has 2 unspecified atom stereocenters. The fraction of sp³-hybridized carbons (Fsp3) is 0.600. The van der Waals surface area contributed by atoms with Gasteiger partial charge in [-0.3, -0.25) is 0 Å². The molecule has 1 aliphatic carbocycles. The molecule has 3 heteroatoms. The molecule has 3 atom stereocenters. The van der Waals surface area contributed by atoms with E-state index in [-0.39, 0.29) is 11.6 Å². The van der Waals surface area contributed by atoms with Crippen LogP contribution in [-0.2, 0) is 0 Å². The number of ether oxygens (including phenoxy) is 1. The molecule has 1 fully saturated rings. The second-order valence-corrected chi connectivity index (χ2v) is 6.42. The van der Waals surface area contributed by atoms with Crippen LogP contribution in [0.5, 0.6) is 5.75 Å². The predicted octanol–water partition coefficient (Wildman–Crippen LogP) is 4.07. The molecule has 0 saturated heterocycles. The van der Waals surface area contributed by atoms with E-state index in [1.165, 1.54) is 12.8 Å². The van der Waals surface area contributed by atoms with Crippen molar-refractivity contribution in [2.45, 2.75) is 50.7 Å². The summed E-state index contributed by atoms with van der Waals surface area (Å²) in [6.07, 6.45) is 5.74. The van der Waals surface area contributed by atoms with E-state index in [1.54, 1.807) is 0 Å². The lowest BCUT2D eigenvalue weighted by atomic mass is 9.73. The number of benzene rings is 1. The highest BCUT2D eigenvalue weighted by Crippen LogP contribution is 2.47. The summed E-state index contributed by atoms with van der Waals surface area (Å²) < 4.78 is 6.32. The van der Waals surface area contributed by atoms with Crippen molar-refractivity contribution in [3.05, 3.63) is 28.8 Å². The van der Waals surface area contributed by atoms with Crippen LogP contribution in [0.2, 0.25) is 5.02 Å². The van der Waals surface area contributed by atoms with Gasteiger partial charge in [0.05, 0.1) is 0 Å². The van der Waals surface area contributed by atoms with Crippen molar-refractivity contribution in [2.75, 3.05) is 0 Å². The highest BCUT2D eigenvalue weighted by molar-refractivity contribution is 6.30. The summed E-state index contributed by atoms with van der Waals surface area (Å²) in [6.45, 7) is 2.31. The van der Waals surface area contributed by atoms with Gasteiger partial charge in [-0.05, 0) is 43.4 Å². The second-order valence-electron chi connectivity index (χ2n) is 5.98. The van der Waals surface area contributed by atoms with Crippen LogP contribution < -0.4 is 10.5 Å². The molecule has 0 amide bonds.